The van der Waals surface area contributed by atoms with Gasteiger partial charge in [0.15, 0.2) is 0 Å². The molecule has 1 saturated heterocycles. The Hall–Kier alpha value is -1.06. The summed E-state index contributed by atoms with van der Waals surface area (Å²) < 4.78 is 0. The van der Waals surface area contributed by atoms with Crippen LogP contribution in [0.5, 0.6) is 0 Å². The number of likely N-dealkylation sites (tertiary alicyclic amines) is 1. The lowest BCUT2D eigenvalue weighted by Gasteiger charge is -2.29. The van der Waals surface area contributed by atoms with E-state index in [9.17, 15) is 9.59 Å². The third-order valence-corrected chi connectivity index (χ3v) is 4.92. The fourth-order valence-corrected chi connectivity index (χ4v) is 3.44. The van der Waals surface area contributed by atoms with Gasteiger partial charge in [-0.25, -0.2) is 0 Å². The van der Waals surface area contributed by atoms with Crippen LogP contribution >= 0.6 is 0 Å². The van der Waals surface area contributed by atoms with Gasteiger partial charge in [-0.3, -0.25) is 9.59 Å². The van der Waals surface area contributed by atoms with Gasteiger partial charge in [-0.1, -0.05) is 13.3 Å². The molecule has 0 radical (unpaired) electrons. The van der Waals surface area contributed by atoms with Gasteiger partial charge >= 0.3 is 0 Å². The zero-order chi connectivity index (χ0) is 14.7. The van der Waals surface area contributed by atoms with Crippen molar-refractivity contribution in [3.8, 4) is 0 Å². The monoisotopic (exact) mass is 280 g/mol. The summed E-state index contributed by atoms with van der Waals surface area (Å²) in [5.41, 5.74) is 0. The summed E-state index contributed by atoms with van der Waals surface area (Å²) in [7, 11) is 0. The van der Waals surface area contributed by atoms with Gasteiger partial charge in [0, 0.05) is 25.0 Å². The predicted octanol–water partition coefficient (Wildman–Crippen LogP) is 2.33. The first-order chi connectivity index (χ1) is 9.51. The first-order valence-corrected chi connectivity index (χ1v) is 8.11. The van der Waals surface area contributed by atoms with E-state index in [0.29, 0.717) is 19.0 Å². The lowest BCUT2D eigenvalue weighted by molar-refractivity contribution is -0.130. The molecule has 0 aromatic heterocycles. The van der Waals surface area contributed by atoms with Gasteiger partial charge in [-0.05, 0) is 45.4 Å². The molecule has 1 aliphatic carbocycles. The van der Waals surface area contributed by atoms with E-state index in [0.717, 1.165) is 18.8 Å². The number of carbonyl (C=O) groups excluding carboxylic acids is 2. The van der Waals surface area contributed by atoms with Crippen LogP contribution in [0.3, 0.4) is 0 Å². The number of nitrogens with zero attached hydrogens (tertiary/aromatic N) is 1. The van der Waals surface area contributed by atoms with Crippen LogP contribution in [-0.2, 0) is 9.59 Å². The molecule has 0 unspecified atom stereocenters. The van der Waals surface area contributed by atoms with Crippen LogP contribution in [0.25, 0.3) is 0 Å². The summed E-state index contributed by atoms with van der Waals surface area (Å²) in [4.78, 5) is 26.0. The van der Waals surface area contributed by atoms with E-state index in [1.807, 2.05) is 18.7 Å². The maximum Gasteiger partial charge on any atom is 0.225 e. The minimum absolute atomic E-state index is 0.0847. The molecule has 4 nitrogen and oxygen atoms in total. The molecule has 2 aliphatic rings. The fourth-order valence-electron chi connectivity index (χ4n) is 3.44. The Morgan fingerprint density at radius 2 is 1.95 bits per heavy atom. The van der Waals surface area contributed by atoms with Gasteiger partial charge in [0.05, 0.1) is 5.92 Å². The Bertz CT molecular complexity index is 359. The molecule has 2 rings (SSSR count). The van der Waals surface area contributed by atoms with Crippen molar-refractivity contribution in [1.82, 2.24) is 10.2 Å². The SMILES string of the molecule is CCC1CCC(NC(=O)[C@@H]2CC(=O)N(C(C)C)C2)CC1. The van der Waals surface area contributed by atoms with Gasteiger partial charge in [-0.15, -0.1) is 0 Å². The van der Waals surface area contributed by atoms with E-state index < -0.39 is 0 Å². The van der Waals surface area contributed by atoms with Crippen LogP contribution in [-0.4, -0.2) is 35.3 Å². The van der Waals surface area contributed by atoms with Crippen molar-refractivity contribution < 1.29 is 9.59 Å². The second kappa shape index (κ2) is 6.59. The minimum atomic E-state index is -0.145. The summed E-state index contributed by atoms with van der Waals surface area (Å²) >= 11 is 0. The summed E-state index contributed by atoms with van der Waals surface area (Å²) in [5.74, 6) is 0.901. The molecule has 20 heavy (non-hydrogen) atoms. The third-order valence-electron chi connectivity index (χ3n) is 4.92. The summed E-state index contributed by atoms with van der Waals surface area (Å²) in [5, 5.41) is 3.17. The van der Waals surface area contributed by atoms with E-state index in [1.54, 1.807) is 0 Å². The molecule has 0 spiro atoms. The number of rotatable bonds is 4. The van der Waals surface area contributed by atoms with Crippen LogP contribution in [0.1, 0.15) is 59.3 Å². The third kappa shape index (κ3) is 3.53. The van der Waals surface area contributed by atoms with Crippen molar-refractivity contribution in [2.24, 2.45) is 11.8 Å². The highest BCUT2D eigenvalue weighted by Crippen LogP contribution is 2.27. The summed E-state index contributed by atoms with van der Waals surface area (Å²) in [6, 6.07) is 0.522. The molecule has 0 aromatic carbocycles. The first-order valence-electron chi connectivity index (χ1n) is 8.11. The van der Waals surface area contributed by atoms with Crippen molar-refractivity contribution in [1.29, 1.82) is 0 Å². The molecule has 0 aromatic rings. The van der Waals surface area contributed by atoms with Crippen LogP contribution in [0.15, 0.2) is 0 Å². The Kier molecular flexibility index (Phi) is 5.06. The molecule has 1 N–H and O–H groups in total. The van der Waals surface area contributed by atoms with E-state index in [-0.39, 0.29) is 23.8 Å². The Balaban J connectivity index is 1.80. The fraction of sp³-hybridized carbons (Fsp3) is 0.875. The maximum absolute atomic E-state index is 12.3. The highest BCUT2D eigenvalue weighted by atomic mass is 16.2. The molecule has 2 amide bonds. The smallest absolute Gasteiger partial charge is 0.225 e. The summed E-state index contributed by atoms with van der Waals surface area (Å²) in [6.07, 6.45) is 6.28. The average molecular weight is 280 g/mol. The largest absolute Gasteiger partial charge is 0.353 e. The number of hydrogen-bond donors (Lipinski definition) is 1. The van der Waals surface area contributed by atoms with E-state index >= 15 is 0 Å². The van der Waals surface area contributed by atoms with Crippen molar-refractivity contribution in [2.45, 2.75) is 71.4 Å². The Morgan fingerprint density at radius 3 is 2.45 bits per heavy atom. The van der Waals surface area contributed by atoms with Gasteiger partial charge in [-0.2, -0.15) is 0 Å². The van der Waals surface area contributed by atoms with Crippen LogP contribution in [0.2, 0.25) is 0 Å². The molecule has 2 fully saturated rings. The highest BCUT2D eigenvalue weighted by molar-refractivity contribution is 5.89. The topological polar surface area (TPSA) is 49.4 Å². The zero-order valence-electron chi connectivity index (χ0n) is 13.0. The Morgan fingerprint density at radius 1 is 1.30 bits per heavy atom. The van der Waals surface area contributed by atoms with Gasteiger partial charge in [0.1, 0.15) is 0 Å². The highest BCUT2D eigenvalue weighted by Gasteiger charge is 2.36. The number of hydrogen-bond acceptors (Lipinski definition) is 2. The van der Waals surface area contributed by atoms with Crippen LogP contribution < -0.4 is 5.32 Å². The van der Waals surface area contributed by atoms with E-state index in [2.05, 4.69) is 12.2 Å². The molecule has 1 saturated carbocycles. The van der Waals surface area contributed by atoms with Gasteiger partial charge in [0.25, 0.3) is 0 Å². The molecule has 1 atom stereocenters. The first kappa shape index (κ1) is 15.3. The lowest BCUT2D eigenvalue weighted by atomic mass is 9.84. The van der Waals surface area contributed by atoms with Crippen molar-refractivity contribution in [3.63, 3.8) is 0 Å². The maximum atomic E-state index is 12.3. The second-order valence-corrected chi connectivity index (χ2v) is 6.68. The molecule has 0 bridgehead atoms. The van der Waals surface area contributed by atoms with Crippen LogP contribution in [0, 0.1) is 11.8 Å². The standard InChI is InChI=1S/C16H28N2O2/c1-4-12-5-7-14(8-6-12)17-16(20)13-9-15(19)18(10-13)11(2)3/h11-14H,4-10H2,1-3H3,(H,17,20)/t12?,13-,14?/m1/s1. The van der Waals surface area contributed by atoms with Crippen molar-refractivity contribution >= 4 is 11.8 Å². The quantitative estimate of drug-likeness (QED) is 0.859. The second-order valence-electron chi connectivity index (χ2n) is 6.68. The average Bonchev–Trinajstić information content (AvgIpc) is 2.82. The zero-order valence-corrected chi connectivity index (χ0v) is 13.0. The van der Waals surface area contributed by atoms with Crippen LogP contribution in [0.4, 0.5) is 0 Å². The molecule has 114 valence electrons. The molecular weight excluding hydrogens is 252 g/mol. The lowest BCUT2D eigenvalue weighted by Crippen LogP contribution is -2.42. The minimum Gasteiger partial charge on any atom is -0.353 e. The van der Waals surface area contributed by atoms with Crippen molar-refractivity contribution in [2.75, 3.05) is 6.54 Å². The van der Waals surface area contributed by atoms with Crippen molar-refractivity contribution in [3.05, 3.63) is 0 Å². The molecule has 4 heteroatoms. The van der Waals surface area contributed by atoms with E-state index in [4.69, 9.17) is 0 Å². The number of amides is 2. The molecule has 1 aliphatic heterocycles. The number of nitrogens with one attached hydrogen (secondary N) is 1. The Labute approximate surface area is 122 Å². The molecule has 1 heterocycles. The van der Waals surface area contributed by atoms with Gasteiger partial charge in [0.2, 0.25) is 11.8 Å². The number of carbonyl (C=O) groups is 2. The molecular formula is C16H28N2O2. The normalized spacial score (nSPS) is 30.9. The van der Waals surface area contributed by atoms with Gasteiger partial charge < -0.3 is 10.2 Å². The predicted molar refractivity (Wildman–Crippen MR) is 79.1 cm³/mol. The van der Waals surface area contributed by atoms with E-state index in [1.165, 1.54) is 19.3 Å². The summed E-state index contributed by atoms with van der Waals surface area (Å²) in [6.45, 7) is 6.84.